The first-order chi connectivity index (χ1) is 42.5. The number of allylic oxidation sites excluding steroid dienone is 2. The number of hydrogen-bond donors (Lipinski definition) is 0. The van der Waals surface area contributed by atoms with Crippen LogP contribution in [-0.2, 0) is 32.7 Å². The van der Waals surface area contributed by atoms with Gasteiger partial charge < -0.3 is 27.9 Å². The summed E-state index contributed by atoms with van der Waals surface area (Å²) in [6.45, 7) is 4.33. The zero-order valence-electron chi connectivity index (χ0n) is 59.3. The van der Waals surface area contributed by atoms with Gasteiger partial charge in [-0.05, 0) is 38.5 Å². The smallest absolute Gasteiger partial charge is 0.306 e. The molecule has 518 valence electrons. The fourth-order valence-electron chi connectivity index (χ4n) is 12.1. The summed E-state index contributed by atoms with van der Waals surface area (Å²) in [5.74, 6) is -0.808. The lowest BCUT2D eigenvalue weighted by atomic mass is 10.0. The fraction of sp³-hybridized carbons (Fsp3) is 0.948. The Bertz CT molecular complexity index is 1470. The molecule has 0 aromatic carbocycles. The average molecular weight is 1250 g/mol. The van der Waals surface area contributed by atoms with Crippen LogP contribution in [0.2, 0.25) is 0 Å². The molecule has 2 unspecified atom stereocenters. The number of esters is 2. The number of nitrogens with zero attached hydrogens (tertiary/aromatic N) is 1. The van der Waals surface area contributed by atoms with Gasteiger partial charge in [-0.3, -0.25) is 14.2 Å². The highest BCUT2D eigenvalue weighted by molar-refractivity contribution is 7.45. The number of quaternary nitrogens is 1. The number of unbranched alkanes of at least 4 members (excludes halogenated alkanes) is 58. The number of phosphoric acid groups is 1. The van der Waals surface area contributed by atoms with Crippen LogP contribution in [0.15, 0.2) is 12.2 Å². The van der Waals surface area contributed by atoms with E-state index < -0.39 is 26.5 Å². The van der Waals surface area contributed by atoms with Gasteiger partial charge in [0.05, 0.1) is 27.7 Å². The minimum atomic E-state index is -4.64. The van der Waals surface area contributed by atoms with Gasteiger partial charge in [0.15, 0.2) is 6.10 Å². The maximum absolute atomic E-state index is 12.9. The molecule has 0 saturated carbocycles. The summed E-state index contributed by atoms with van der Waals surface area (Å²) in [7, 11) is 1.19. The molecular formula is C77H152NO8P. The lowest BCUT2D eigenvalue weighted by Crippen LogP contribution is -2.37. The van der Waals surface area contributed by atoms with E-state index in [2.05, 4.69) is 26.0 Å². The topological polar surface area (TPSA) is 111 Å². The molecule has 0 heterocycles. The highest BCUT2D eigenvalue weighted by atomic mass is 31.2. The Hall–Kier alpha value is -1.25. The first-order valence-electron chi connectivity index (χ1n) is 38.9. The molecule has 0 aliphatic rings. The summed E-state index contributed by atoms with van der Waals surface area (Å²) in [5, 5.41) is 0. The summed E-state index contributed by atoms with van der Waals surface area (Å²) in [4.78, 5) is 38.1. The zero-order valence-corrected chi connectivity index (χ0v) is 60.2. The van der Waals surface area contributed by atoms with Crippen molar-refractivity contribution in [2.45, 2.75) is 424 Å². The van der Waals surface area contributed by atoms with E-state index in [0.29, 0.717) is 17.4 Å². The third kappa shape index (κ3) is 73.7. The Kier molecular flexibility index (Phi) is 68.1. The van der Waals surface area contributed by atoms with Crippen LogP contribution in [0, 0.1) is 0 Å². The standard InChI is InChI=1S/C77H152NO8P/c1-6-8-10-12-14-16-18-20-22-24-26-28-30-31-32-33-34-35-36-37-38-39-40-41-42-43-44-45-46-48-49-51-53-55-57-59-61-63-65-67-69-76(79)83-73-75(74-85-87(81,82)84-72-71-78(3,4)5)86-77(80)70-68-66-64-62-60-58-56-54-52-50-47-29-27-25-23-21-19-17-15-13-11-9-7-2/h25,27,75H,6-24,26,28-74H2,1-5H3/b27-25-. The van der Waals surface area contributed by atoms with E-state index >= 15 is 0 Å². The number of rotatable bonds is 74. The van der Waals surface area contributed by atoms with Crippen LogP contribution in [-0.4, -0.2) is 70.0 Å². The van der Waals surface area contributed by atoms with Gasteiger partial charge in [0.25, 0.3) is 7.82 Å². The van der Waals surface area contributed by atoms with E-state index in [4.69, 9.17) is 18.5 Å². The summed E-state index contributed by atoms with van der Waals surface area (Å²) < 4.78 is 34.4. The predicted octanol–water partition coefficient (Wildman–Crippen LogP) is 24.8. The second kappa shape index (κ2) is 69.1. The summed E-state index contributed by atoms with van der Waals surface area (Å²) in [5.41, 5.74) is 0. The van der Waals surface area contributed by atoms with Gasteiger partial charge in [-0.2, -0.15) is 0 Å². The van der Waals surface area contributed by atoms with Gasteiger partial charge in [-0.25, -0.2) is 0 Å². The van der Waals surface area contributed by atoms with Crippen molar-refractivity contribution >= 4 is 19.8 Å². The number of carbonyl (C=O) groups is 2. The van der Waals surface area contributed by atoms with Crippen molar-refractivity contribution in [2.24, 2.45) is 0 Å². The van der Waals surface area contributed by atoms with Gasteiger partial charge in [0, 0.05) is 12.8 Å². The second-order valence-corrected chi connectivity index (χ2v) is 29.5. The van der Waals surface area contributed by atoms with Crippen molar-refractivity contribution < 1.29 is 42.1 Å². The average Bonchev–Trinajstić information content (AvgIpc) is 3.68. The quantitative estimate of drug-likeness (QED) is 0.0195. The fourth-order valence-corrected chi connectivity index (χ4v) is 12.8. The van der Waals surface area contributed by atoms with Crippen molar-refractivity contribution in [3.8, 4) is 0 Å². The van der Waals surface area contributed by atoms with Gasteiger partial charge in [0.2, 0.25) is 0 Å². The summed E-state index contributed by atoms with van der Waals surface area (Å²) in [6, 6.07) is 0. The molecule has 0 amide bonds. The van der Waals surface area contributed by atoms with E-state index in [0.717, 1.165) is 38.5 Å². The molecule has 0 spiro atoms. The number of phosphoric ester groups is 1. The van der Waals surface area contributed by atoms with Crippen molar-refractivity contribution in [3.63, 3.8) is 0 Å². The van der Waals surface area contributed by atoms with Gasteiger partial charge in [-0.1, -0.05) is 379 Å². The van der Waals surface area contributed by atoms with Crippen molar-refractivity contribution in [2.75, 3.05) is 47.5 Å². The molecule has 0 radical (unpaired) electrons. The van der Waals surface area contributed by atoms with Crippen LogP contribution in [0.1, 0.15) is 418 Å². The molecule has 0 aromatic heterocycles. The maximum atomic E-state index is 12.9. The van der Waals surface area contributed by atoms with Crippen LogP contribution in [0.5, 0.6) is 0 Å². The highest BCUT2D eigenvalue weighted by Gasteiger charge is 2.22. The Morgan fingerprint density at radius 2 is 0.586 bits per heavy atom. The molecule has 0 aliphatic carbocycles. The van der Waals surface area contributed by atoms with Gasteiger partial charge >= 0.3 is 11.9 Å². The van der Waals surface area contributed by atoms with E-state index in [1.54, 1.807) is 0 Å². The predicted molar refractivity (Wildman–Crippen MR) is 375 cm³/mol. The van der Waals surface area contributed by atoms with E-state index in [-0.39, 0.29) is 32.0 Å². The minimum absolute atomic E-state index is 0.0267. The van der Waals surface area contributed by atoms with Crippen molar-refractivity contribution in [1.29, 1.82) is 0 Å². The maximum Gasteiger partial charge on any atom is 0.306 e. The number of hydrogen-bond acceptors (Lipinski definition) is 8. The van der Waals surface area contributed by atoms with Crippen molar-refractivity contribution in [1.82, 2.24) is 0 Å². The molecule has 10 heteroatoms. The Morgan fingerprint density at radius 3 is 0.851 bits per heavy atom. The van der Waals surface area contributed by atoms with Gasteiger partial charge in [0.1, 0.15) is 19.8 Å². The van der Waals surface area contributed by atoms with Crippen molar-refractivity contribution in [3.05, 3.63) is 12.2 Å². The molecule has 87 heavy (non-hydrogen) atoms. The Labute approximate surface area is 543 Å². The summed E-state index contributed by atoms with van der Waals surface area (Å²) in [6.07, 6.45) is 86.3. The van der Waals surface area contributed by atoms with Crippen LogP contribution >= 0.6 is 7.82 Å². The van der Waals surface area contributed by atoms with E-state index in [1.807, 2.05) is 21.1 Å². The molecule has 9 nitrogen and oxygen atoms in total. The zero-order chi connectivity index (χ0) is 63.4. The molecule has 0 aromatic rings. The Morgan fingerprint density at radius 1 is 0.345 bits per heavy atom. The third-order valence-electron chi connectivity index (χ3n) is 18.0. The number of ether oxygens (including phenoxy) is 2. The lowest BCUT2D eigenvalue weighted by Gasteiger charge is -2.28. The SMILES string of the molecule is CCCCCCCCCC/C=C\CCCCCCCCCCCCCC(=O)OC(COC(=O)CCCCCCCCCCCCCCCCCCCCCCCCCCCCCCCCCCCCCCCCCC)COP(=O)([O-])OCC[N+](C)(C)C. The summed E-state index contributed by atoms with van der Waals surface area (Å²) >= 11 is 0. The van der Waals surface area contributed by atoms with Crippen LogP contribution in [0.4, 0.5) is 0 Å². The van der Waals surface area contributed by atoms with Gasteiger partial charge in [-0.15, -0.1) is 0 Å². The molecule has 2 atom stereocenters. The molecule has 0 N–H and O–H groups in total. The first-order valence-corrected chi connectivity index (χ1v) is 40.4. The third-order valence-corrected chi connectivity index (χ3v) is 19.0. The number of likely N-dealkylation sites (N-methyl/N-ethyl adjacent to an activating group) is 1. The second-order valence-electron chi connectivity index (χ2n) is 28.1. The molecule has 0 bridgehead atoms. The molecule has 0 rings (SSSR count). The van der Waals surface area contributed by atoms with E-state index in [9.17, 15) is 19.0 Å². The lowest BCUT2D eigenvalue weighted by molar-refractivity contribution is -0.870. The molecule has 0 saturated heterocycles. The van der Waals surface area contributed by atoms with E-state index in [1.165, 1.54) is 347 Å². The Balaban J connectivity index is 3.85. The minimum Gasteiger partial charge on any atom is -0.756 e. The first kappa shape index (κ1) is 85.8. The normalized spacial score (nSPS) is 13.0. The van der Waals surface area contributed by atoms with Crippen LogP contribution in [0.3, 0.4) is 0 Å². The monoisotopic (exact) mass is 1250 g/mol. The molecule has 0 aliphatic heterocycles. The van der Waals surface area contributed by atoms with Crippen LogP contribution < -0.4 is 4.89 Å². The molecule has 0 fully saturated rings. The largest absolute Gasteiger partial charge is 0.756 e. The number of carbonyl (C=O) groups excluding carboxylic acids is 2. The molecular weight excluding hydrogens is 1100 g/mol. The van der Waals surface area contributed by atoms with Crippen LogP contribution in [0.25, 0.3) is 0 Å². The highest BCUT2D eigenvalue weighted by Crippen LogP contribution is 2.38.